The Bertz CT molecular complexity index is 622. The summed E-state index contributed by atoms with van der Waals surface area (Å²) in [4.78, 5) is 26.2. The van der Waals surface area contributed by atoms with Gasteiger partial charge in [-0.25, -0.2) is 9.59 Å². The van der Waals surface area contributed by atoms with Gasteiger partial charge in [0.2, 0.25) is 0 Å². The van der Waals surface area contributed by atoms with Crippen molar-refractivity contribution in [3.63, 3.8) is 0 Å². The molecule has 1 saturated heterocycles. The lowest BCUT2D eigenvalue weighted by Crippen LogP contribution is -2.51. The second-order valence-electron chi connectivity index (χ2n) is 7.18. The Hall–Kier alpha value is -2.24. The van der Waals surface area contributed by atoms with Crippen LogP contribution in [0, 0.1) is 0 Å². The van der Waals surface area contributed by atoms with Crippen molar-refractivity contribution in [1.29, 1.82) is 0 Å². The lowest BCUT2D eigenvalue weighted by atomic mass is 9.85. The largest absolute Gasteiger partial charge is 0.496 e. The zero-order chi connectivity index (χ0) is 18.6. The Morgan fingerprint density at radius 3 is 2.44 bits per heavy atom. The number of para-hydroxylation sites is 1. The smallest absolute Gasteiger partial charge is 0.411 e. The molecule has 0 aromatic heterocycles. The van der Waals surface area contributed by atoms with Crippen LogP contribution in [0.1, 0.15) is 45.1 Å². The summed E-state index contributed by atoms with van der Waals surface area (Å²) in [5.41, 5.74) is 0.430. The molecule has 1 aliphatic heterocycles. The van der Waals surface area contributed by atoms with Crippen LogP contribution in [0.15, 0.2) is 24.3 Å². The monoisotopic (exact) mass is 349 g/mol. The maximum absolute atomic E-state index is 12.5. The first kappa shape index (κ1) is 19.1. The fraction of sp³-hybridized carbons (Fsp3) is 0.579. The number of carbonyl (C=O) groups is 2. The van der Waals surface area contributed by atoms with E-state index in [1.54, 1.807) is 27.9 Å². The van der Waals surface area contributed by atoms with E-state index < -0.39 is 23.7 Å². The van der Waals surface area contributed by atoms with E-state index in [1.807, 2.05) is 24.3 Å². The van der Waals surface area contributed by atoms with E-state index in [-0.39, 0.29) is 5.92 Å². The van der Waals surface area contributed by atoms with E-state index in [0.717, 1.165) is 17.7 Å². The summed E-state index contributed by atoms with van der Waals surface area (Å²) >= 11 is 0. The molecule has 0 bridgehead atoms. The number of amides is 1. The van der Waals surface area contributed by atoms with Crippen LogP contribution in [0.4, 0.5) is 4.79 Å². The van der Waals surface area contributed by atoms with Crippen molar-refractivity contribution < 1.29 is 23.8 Å². The molecule has 0 N–H and O–H groups in total. The van der Waals surface area contributed by atoms with Gasteiger partial charge in [0, 0.05) is 6.54 Å². The Morgan fingerprint density at radius 1 is 1.16 bits per heavy atom. The molecule has 25 heavy (non-hydrogen) atoms. The molecule has 1 aliphatic rings. The number of ether oxygens (including phenoxy) is 3. The molecule has 6 nitrogen and oxygen atoms in total. The molecular weight excluding hydrogens is 322 g/mol. The minimum atomic E-state index is -0.663. The molecule has 0 radical (unpaired) electrons. The van der Waals surface area contributed by atoms with Gasteiger partial charge in [0.1, 0.15) is 17.4 Å². The number of methoxy groups -OCH3 is 2. The standard InChI is InChI=1S/C19H27NO5/c1-19(2,3)25-18(22)20-11-10-13(12-15(20)17(21)24-5)14-8-6-7-9-16(14)23-4/h6-9,13,15H,10-12H2,1-5H3. The molecule has 0 saturated carbocycles. The quantitative estimate of drug-likeness (QED) is 0.783. The number of esters is 1. The summed E-state index contributed by atoms with van der Waals surface area (Å²) in [7, 11) is 2.97. The number of nitrogens with zero attached hydrogens (tertiary/aromatic N) is 1. The van der Waals surface area contributed by atoms with Crippen molar-refractivity contribution in [1.82, 2.24) is 4.90 Å². The van der Waals surface area contributed by atoms with Gasteiger partial charge in [0.25, 0.3) is 0 Å². The Kier molecular flexibility index (Phi) is 5.93. The third kappa shape index (κ3) is 4.65. The van der Waals surface area contributed by atoms with Gasteiger partial charge in [-0.1, -0.05) is 18.2 Å². The third-order valence-corrected chi connectivity index (χ3v) is 4.28. The molecule has 6 heteroatoms. The van der Waals surface area contributed by atoms with Crippen molar-refractivity contribution in [3.05, 3.63) is 29.8 Å². The highest BCUT2D eigenvalue weighted by molar-refractivity contribution is 5.82. The van der Waals surface area contributed by atoms with Crippen LogP contribution in [0.3, 0.4) is 0 Å². The summed E-state index contributed by atoms with van der Waals surface area (Å²) in [5.74, 6) is 0.478. The Balaban J connectivity index is 2.22. The van der Waals surface area contributed by atoms with Crippen LogP contribution in [0.25, 0.3) is 0 Å². The predicted octanol–water partition coefficient (Wildman–Crippen LogP) is 3.35. The highest BCUT2D eigenvalue weighted by Crippen LogP contribution is 2.37. The van der Waals surface area contributed by atoms with Gasteiger partial charge in [0.05, 0.1) is 14.2 Å². The lowest BCUT2D eigenvalue weighted by Gasteiger charge is -2.38. The number of piperidine rings is 1. The number of benzene rings is 1. The highest BCUT2D eigenvalue weighted by atomic mass is 16.6. The van der Waals surface area contributed by atoms with Crippen molar-refractivity contribution in [3.8, 4) is 5.75 Å². The first-order valence-corrected chi connectivity index (χ1v) is 8.47. The molecule has 1 aromatic rings. The van der Waals surface area contributed by atoms with E-state index in [4.69, 9.17) is 14.2 Å². The lowest BCUT2D eigenvalue weighted by molar-refractivity contribution is -0.148. The zero-order valence-electron chi connectivity index (χ0n) is 15.6. The molecular formula is C19H27NO5. The number of hydrogen-bond acceptors (Lipinski definition) is 5. The maximum Gasteiger partial charge on any atom is 0.411 e. The molecule has 1 aromatic carbocycles. The Labute approximate surface area is 149 Å². The number of likely N-dealkylation sites (tertiary alicyclic amines) is 1. The zero-order valence-corrected chi connectivity index (χ0v) is 15.6. The summed E-state index contributed by atoms with van der Waals surface area (Å²) in [6, 6.07) is 7.11. The van der Waals surface area contributed by atoms with E-state index >= 15 is 0 Å². The Morgan fingerprint density at radius 2 is 1.84 bits per heavy atom. The molecule has 0 spiro atoms. The second-order valence-corrected chi connectivity index (χ2v) is 7.18. The van der Waals surface area contributed by atoms with Gasteiger partial charge < -0.3 is 14.2 Å². The van der Waals surface area contributed by atoms with Crippen LogP contribution in [0.2, 0.25) is 0 Å². The minimum absolute atomic E-state index is 0.110. The molecule has 2 unspecified atom stereocenters. The predicted molar refractivity (Wildman–Crippen MR) is 93.7 cm³/mol. The molecule has 2 atom stereocenters. The normalized spacial score (nSPS) is 20.8. The molecule has 138 valence electrons. The molecule has 1 heterocycles. The van der Waals surface area contributed by atoms with Crippen LogP contribution < -0.4 is 4.74 Å². The first-order valence-electron chi connectivity index (χ1n) is 8.47. The van der Waals surface area contributed by atoms with E-state index in [1.165, 1.54) is 12.0 Å². The average Bonchev–Trinajstić information content (AvgIpc) is 2.59. The molecule has 2 rings (SSSR count). The van der Waals surface area contributed by atoms with Crippen molar-refractivity contribution in [2.75, 3.05) is 20.8 Å². The van der Waals surface area contributed by atoms with Crippen LogP contribution in [0.5, 0.6) is 5.75 Å². The van der Waals surface area contributed by atoms with Gasteiger partial charge in [-0.15, -0.1) is 0 Å². The fourth-order valence-electron chi connectivity index (χ4n) is 3.15. The summed E-state index contributed by atoms with van der Waals surface area (Å²) in [6.07, 6.45) is 0.723. The van der Waals surface area contributed by atoms with E-state index in [9.17, 15) is 9.59 Å². The van der Waals surface area contributed by atoms with E-state index in [2.05, 4.69) is 0 Å². The molecule has 0 aliphatic carbocycles. The van der Waals surface area contributed by atoms with Crippen LogP contribution in [-0.2, 0) is 14.3 Å². The van der Waals surface area contributed by atoms with Crippen molar-refractivity contribution >= 4 is 12.1 Å². The SMILES string of the molecule is COC(=O)C1CC(c2ccccc2OC)CCN1C(=O)OC(C)(C)C. The van der Waals surface area contributed by atoms with Gasteiger partial charge in [-0.05, 0) is 51.2 Å². The summed E-state index contributed by atoms with van der Waals surface area (Å²) in [5, 5.41) is 0. The molecule has 1 fully saturated rings. The van der Waals surface area contributed by atoms with Gasteiger partial charge in [0.15, 0.2) is 0 Å². The number of carbonyl (C=O) groups excluding carboxylic acids is 2. The summed E-state index contributed by atoms with van der Waals surface area (Å²) < 4.78 is 15.8. The number of rotatable bonds is 3. The number of hydrogen-bond donors (Lipinski definition) is 0. The topological polar surface area (TPSA) is 65.1 Å². The minimum Gasteiger partial charge on any atom is -0.496 e. The second kappa shape index (κ2) is 7.76. The summed E-state index contributed by atoms with van der Waals surface area (Å²) in [6.45, 7) is 5.84. The fourth-order valence-corrected chi connectivity index (χ4v) is 3.15. The average molecular weight is 349 g/mol. The van der Waals surface area contributed by atoms with Crippen LogP contribution in [-0.4, -0.2) is 49.4 Å². The van der Waals surface area contributed by atoms with Crippen molar-refractivity contribution in [2.24, 2.45) is 0 Å². The van der Waals surface area contributed by atoms with Gasteiger partial charge >= 0.3 is 12.1 Å². The first-order chi connectivity index (χ1) is 11.8. The van der Waals surface area contributed by atoms with E-state index in [0.29, 0.717) is 13.0 Å². The highest BCUT2D eigenvalue weighted by Gasteiger charge is 2.39. The third-order valence-electron chi connectivity index (χ3n) is 4.28. The van der Waals surface area contributed by atoms with Gasteiger partial charge in [-0.3, -0.25) is 4.90 Å². The van der Waals surface area contributed by atoms with Gasteiger partial charge in [-0.2, -0.15) is 0 Å². The maximum atomic E-state index is 12.5. The van der Waals surface area contributed by atoms with Crippen LogP contribution >= 0.6 is 0 Å². The molecule has 1 amide bonds. The van der Waals surface area contributed by atoms with Crippen molar-refractivity contribution in [2.45, 2.75) is 51.2 Å².